The molecule has 1 aromatic heterocycles. The minimum atomic E-state index is -0.224. The van der Waals surface area contributed by atoms with Crippen LogP contribution in [-0.2, 0) is 0 Å². The minimum absolute atomic E-state index is 0.224. The van der Waals surface area contributed by atoms with Crippen LogP contribution >= 0.6 is 34.9 Å². The highest BCUT2D eigenvalue weighted by molar-refractivity contribution is 8.06. The van der Waals surface area contributed by atoms with Gasteiger partial charge in [-0.3, -0.25) is 0 Å². The van der Waals surface area contributed by atoms with E-state index in [0.717, 1.165) is 21.9 Å². The average Bonchev–Trinajstić information content (AvgIpc) is 2.79. The first-order valence-electron chi connectivity index (χ1n) is 5.80. The molecule has 1 aromatic carbocycles. The topological polar surface area (TPSA) is 24.9 Å². The SMILES string of the molecule is Fc1ccc2sc(NCC3CSCCS3)nc2c1. The van der Waals surface area contributed by atoms with Gasteiger partial charge in [0, 0.05) is 35.1 Å². The van der Waals surface area contributed by atoms with Gasteiger partial charge in [-0.2, -0.15) is 23.5 Å². The van der Waals surface area contributed by atoms with E-state index in [4.69, 9.17) is 0 Å². The number of halogens is 1. The Morgan fingerprint density at radius 2 is 2.33 bits per heavy atom. The van der Waals surface area contributed by atoms with E-state index in [1.165, 1.54) is 29.4 Å². The van der Waals surface area contributed by atoms with Crippen LogP contribution in [0.5, 0.6) is 0 Å². The van der Waals surface area contributed by atoms with E-state index in [1.54, 1.807) is 17.4 Å². The lowest BCUT2D eigenvalue weighted by Crippen LogP contribution is -2.23. The number of hydrogen-bond donors (Lipinski definition) is 1. The summed E-state index contributed by atoms with van der Waals surface area (Å²) in [4.78, 5) is 4.41. The molecule has 1 aliphatic rings. The first kappa shape index (κ1) is 12.6. The molecular formula is C12H13FN2S3. The van der Waals surface area contributed by atoms with Gasteiger partial charge in [0.2, 0.25) is 0 Å². The molecule has 1 atom stereocenters. The van der Waals surface area contributed by atoms with Crippen molar-refractivity contribution in [1.29, 1.82) is 0 Å². The summed E-state index contributed by atoms with van der Waals surface area (Å²) in [5.41, 5.74) is 0.744. The zero-order valence-electron chi connectivity index (χ0n) is 9.69. The molecule has 1 saturated heterocycles. The van der Waals surface area contributed by atoms with E-state index in [0.29, 0.717) is 5.25 Å². The van der Waals surface area contributed by atoms with E-state index in [1.807, 2.05) is 23.5 Å². The third-order valence-corrected chi connectivity index (χ3v) is 6.55. The van der Waals surface area contributed by atoms with Crippen molar-refractivity contribution >= 4 is 50.2 Å². The lowest BCUT2D eigenvalue weighted by molar-refractivity contribution is 0.629. The fourth-order valence-electron chi connectivity index (χ4n) is 1.83. The van der Waals surface area contributed by atoms with Crippen LogP contribution in [0.1, 0.15) is 0 Å². The Kier molecular flexibility index (Phi) is 3.96. The normalized spacial score (nSPS) is 20.2. The molecule has 18 heavy (non-hydrogen) atoms. The first-order chi connectivity index (χ1) is 8.81. The molecule has 2 nitrogen and oxygen atoms in total. The van der Waals surface area contributed by atoms with Gasteiger partial charge in [-0.25, -0.2) is 9.37 Å². The van der Waals surface area contributed by atoms with Crippen LogP contribution in [0.3, 0.4) is 0 Å². The molecule has 1 fully saturated rings. The summed E-state index contributed by atoms with van der Waals surface area (Å²) in [7, 11) is 0. The Labute approximate surface area is 118 Å². The molecule has 3 rings (SSSR count). The number of thioether (sulfide) groups is 2. The average molecular weight is 300 g/mol. The van der Waals surface area contributed by atoms with Gasteiger partial charge < -0.3 is 5.32 Å². The molecule has 0 aliphatic carbocycles. The maximum atomic E-state index is 13.1. The zero-order chi connectivity index (χ0) is 12.4. The highest BCUT2D eigenvalue weighted by Gasteiger charge is 2.14. The largest absolute Gasteiger partial charge is 0.360 e. The van der Waals surface area contributed by atoms with Gasteiger partial charge in [0.25, 0.3) is 0 Å². The Hall–Kier alpha value is -0.460. The van der Waals surface area contributed by atoms with Crippen molar-refractivity contribution in [3.05, 3.63) is 24.0 Å². The van der Waals surface area contributed by atoms with Crippen LogP contribution in [0.4, 0.5) is 9.52 Å². The van der Waals surface area contributed by atoms with Gasteiger partial charge in [0.05, 0.1) is 10.2 Å². The van der Waals surface area contributed by atoms with E-state index in [-0.39, 0.29) is 5.82 Å². The van der Waals surface area contributed by atoms with E-state index in [9.17, 15) is 4.39 Å². The third-order valence-electron chi connectivity index (χ3n) is 2.72. The Bertz CT molecular complexity index is 537. The Morgan fingerprint density at radius 1 is 1.39 bits per heavy atom. The monoisotopic (exact) mass is 300 g/mol. The predicted molar refractivity (Wildman–Crippen MR) is 81.6 cm³/mol. The maximum absolute atomic E-state index is 13.1. The van der Waals surface area contributed by atoms with Crippen molar-refractivity contribution in [2.45, 2.75) is 5.25 Å². The van der Waals surface area contributed by atoms with Crippen LogP contribution < -0.4 is 5.32 Å². The van der Waals surface area contributed by atoms with Crippen LogP contribution in [-0.4, -0.2) is 34.0 Å². The third kappa shape index (κ3) is 2.92. The minimum Gasteiger partial charge on any atom is -0.360 e. The summed E-state index contributed by atoms with van der Waals surface area (Å²) in [6.45, 7) is 0.944. The van der Waals surface area contributed by atoms with E-state index >= 15 is 0 Å². The molecule has 6 heteroatoms. The number of benzene rings is 1. The van der Waals surface area contributed by atoms with Gasteiger partial charge in [-0.15, -0.1) is 0 Å². The van der Waals surface area contributed by atoms with Crippen molar-refractivity contribution in [1.82, 2.24) is 4.98 Å². The lowest BCUT2D eigenvalue weighted by atomic mass is 10.3. The fourth-order valence-corrected chi connectivity index (χ4v) is 5.30. The smallest absolute Gasteiger partial charge is 0.183 e. The van der Waals surface area contributed by atoms with Gasteiger partial charge >= 0.3 is 0 Å². The van der Waals surface area contributed by atoms with Crippen molar-refractivity contribution in [3.63, 3.8) is 0 Å². The standard InChI is InChI=1S/C12H13FN2S3/c13-8-1-2-11-10(5-8)15-12(18-11)14-6-9-7-16-3-4-17-9/h1-2,5,9H,3-4,6-7H2,(H,14,15). The lowest BCUT2D eigenvalue weighted by Gasteiger charge is -2.20. The molecule has 1 aliphatic heterocycles. The highest BCUT2D eigenvalue weighted by atomic mass is 32.2. The molecular weight excluding hydrogens is 287 g/mol. The van der Waals surface area contributed by atoms with Crippen molar-refractivity contribution < 1.29 is 4.39 Å². The van der Waals surface area contributed by atoms with Crippen molar-refractivity contribution in [2.75, 3.05) is 29.1 Å². The second kappa shape index (κ2) is 5.67. The van der Waals surface area contributed by atoms with Gasteiger partial charge in [0.1, 0.15) is 5.82 Å². The molecule has 1 N–H and O–H groups in total. The summed E-state index contributed by atoms with van der Waals surface area (Å²) < 4.78 is 14.1. The first-order valence-corrected chi connectivity index (χ1v) is 8.82. The summed E-state index contributed by atoms with van der Waals surface area (Å²) in [5.74, 6) is 3.49. The molecule has 0 saturated carbocycles. The summed E-state index contributed by atoms with van der Waals surface area (Å²) >= 11 is 5.63. The Morgan fingerprint density at radius 3 is 3.17 bits per heavy atom. The number of thiazole rings is 1. The number of hydrogen-bond acceptors (Lipinski definition) is 5. The summed E-state index contributed by atoms with van der Waals surface area (Å²) in [6.07, 6.45) is 0. The van der Waals surface area contributed by atoms with Crippen molar-refractivity contribution in [3.8, 4) is 0 Å². The number of aromatic nitrogens is 1. The quantitative estimate of drug-likeness (QED) is 0.934. The summed E-state index contributed by atoms with van der Waals surface area (Å²) in [6, 6.07) is 4.76. The second-order valence-electron chi connectivity index (χ2n) is 4.08. The second-order valence-corrected chi connectivity index (χ2v) is 7.67. The molecule has 1 unspecified atom stereocenters. The molecule has 0 spiro atoms. The summed E-state index contributed by atoms with van der Waals surface area (Å²) in [5, 5.41) is 4.93. The van der Waals surface area contributed by atoms with E-state index in [2.05, 4.69) is 10.3 Å². The van der Waals surface area contributed by atoms with Crippen LogP contribution in [0.2, 0.25) is 0 Å². The van der Waals surface area contributed by atoms with Crippen LogP contribution in [0.25, 0.3) is 10.2 Å². The number of nitrogens with one attached hydrogen (secondary N) is 1. The molecule has 0 radical (unpaired) electrons. The maximum Gasteiger partial charge on any atom is 0.183 e. The Balaban J connectivity index is 1.67. The number of rotatable bonds is 3. The van der Waals surface area contributed by atoms with Gasteiger partial charge in [-0.05, 0) is 12.1 Å². The molecule has 0 amide bonds. The predicted octanol–water partition coefficient (Wildman–Crippen LogP) is 3.70. The van der Waals surface area contributed by atoms with Crippen LogP contribution in [0, 0.1) is 5.82 Å². The van der Waals surface area contributed by atoms with E-state index < -0.39 is 0 Å². The van der Waals surface area contributed by atoms with Crippen LogP contribution in [0.15, 0.2) is 18.2 Å². The molecule has 96 valence electrons. The van der Waals surface area contributed by atoms with Crippen molar-refractivity contribution in [2.24, 2.45) is 0 Å². The fraction of sp³-hybridized carbons (Fsp3) is 0.417. The number of fused-ring (bicyclic) bond motifs is 1. The zero-order valence-corrected chi connectivity index (χ0v) is 12.1. The highest BCUT2D eigenvalue weighted by Crippen LogP contribution is 2.28. The molecule has 2 heterocycles. The number of anilines is 1. The number of nitrogens with zero attached hydrogens (tertiary/aromatic N) is 1. The van der Waals surface area contributed by atoms with Gasteiger partial charge in [0.15, 0.2) is 5.13 Å². The van der Waals surface area contributed by atoms with Gasteiger partial charge in [-0.1, -0.05) is 11.3 Å². The molecule has 0 bridgehead atoms. The molecule has 2 aromatic rings.